The molecule has 2 aromatic rings. The molecule has 1 fully saturated rings. The third-order valence-electron chi connectivity index (χ3n) is 3.65. The topological polar surface area (TPSA) is 47.1 Å². The summed E-state index contributed by atoms with van der Waals surface area (Å²) < 4.78 is 11.2. The Morgan fingerprint density at radius 1 is 1.16 bits per heavy atom. The zero-order chi connectivity index (χ0) is 12.7. The second-order valence-corrected chi connectivity index (χ2v) is 6.30. The molecule has 0 radical (unpaired) electrons. The molecule has 2 aliphatic rings. The molecule has 0 aliphatic carbocycles. The van der Waals surface area contributed by atoms with E-state index in [1.165, 1.54) is 25.0 Å². The number of imidazole rings is 1. The van der Waals surface area contributed by atoms with Crippen LogP contribution in [0, 0.1) is 0 Å². The first kappa shape index (κ1) is 11.5. The van der Waals surface area contributed by atoms with Gasteiger partial charge in [0.2, 0.25) is 0 Å². The number of thioether (sulfide) groups is 1. The Morgan fingerprint density at radius 2 is 2.00 bits per heavy atom. The molecule has 0 amide bonds. The van der Waals surface area contributed by atoms with E-state index in [9.17, 15) is 0 Å². The zero-order valence-corrected chi connectivity index (χ0v) is 11.5. The Bertz CT molecular complexity index is 562. The smallest absolute Gasteiger partial charge is 0.163 e. The zero-order valence-electron chi connectivity index (χ0n) is 10.6. The van der Waals surface area contributed by atoms with Gasteiger partial charge in [0.1, 0.15) is 19.0 Å². The molecule has 0 saturated carbocycles. The van der Waals surface area contributed by atoms with Gasteiger partial charge in [-0.15, -0.1) is 0 Å². The number of ether oxygens (including phenoxy) is 2. The highest BCUT2D eigenvalue weighted by molar-refractivity contribution is 7.99. The summed E-state index contributed by atoms with van der Waals surface area (Å²) in [6.45, 7) is 1.24. The molecule has 1 aromatic carbocycles. The minimum Gasteiger partial charge on any atom is -0.486 e. The number of H-pyrrole nitrogens is 1. The summed E-state index contributed by atoms with van der Waals surface area (Å²) in [5.74, 6) is 3.98. The Balaban J connectivity index is 1.73. The fourth-order valence-electron chi connectivity index (χ4n) is 2.68. The normalized spacial score (nSPS) is 22.6. The number of aromatic amines is 1. The summed E-state index contributed by atoms with van der Waals surface area (Å²) in [6, 6.07) is 3.99. The Labute approximate surface area is 115 Å². The number of benzene rings is 1. The fourth-order valence-corrected chi connectivity index (χ4v) is 3.93. The van der Waals surface area contributed by atoms with Gasteiger partial charge in [0.05, 0.1) is 16.3 Å². The number of nitrogens with zero attached hydrogens (tertiary/aromatic N) is 1. The largest absolute Gasteiger partial charge is 0.486 e. The van der Waals surface area contributed by atoms with Crippen molar-refractivity contribution in [1.82, 2.24) is 9.97 Å². The number of rotatable bonds is 1. The predicted molar refractivity (Wildman–Crippen MR) is 76.1 cm³/mol. The van der Waals surface area contributed by atoms with Gasteiger partial charge in [-0.2, -0.15) is 11.8 Å². The molecule has 0 bridgehead atoms. The van der Waals surface area contributed by atoms with Crippen LogP contribution in [-0.2, 0) is 0 Å². The first-order valence-electron chi connectivity index (χ1n) is 6.81. The van der Waals surface area contributed by atoms with E-state index in [-0.39, 0.29) is 0 Å². The van der Waals surface area contributed by atoms with Crippen LogP contribution in [-0.4, -0.2) is 28.9 Å². The van der Waals surface area contributed by atoms with Crippen LogP contribution in [0.2, 0.25) is 0 Å². The molecule has 2 aliphatic heterocycles. The maximum atomic E-state index is 5.61. The molecule has 4 nitrogen and oxygen atoms in total. The second-order valence-electron chi connectivity index (χ2n) is 4.99. The lowest BCUT2D eigenvalue weighted by molar-refractivity contribution is 0.172. The fraction of sp³-hybridized carbons (Fsp3) is 0.500. The van der Waals surface area contributed by atoms with Crippen molar-refractivity contribution in [3.8, 4) is 11.5 Å². The Kier molecular flexibility index (Phi) is 2.80. The van der Waals surface area contributed by atoms with Gasteiger partial charge in [-0.3, -0.25) is 0 Å². The summed E-state index contributed by atoms with van der Waals surface area (Å²) in [4.78, 5) is 8.18. The maximum absolute atomic E-state index is 5.61. The van der Waals surface area contributed by atoms with Crippen molar-refractivity contribution >= 4 is 22.8 Å². The molecular weight excluding hydrogens is 260 g/mol. The van der Waals surface area contributed by atoms with Crippen molar-refractivity contribution in [3.63, 3.8) is 0 Å². The van der Waals surface area contributed by atoms with Gasteiger partial charge in [-0.25, -0.2) is 4.98 Å². The summed E-state index contributed by atoms with van der Waals surface area (Å²) in [5.41, 5.74) is 2.02. The molecular formula is C14H16N2O2S. The molecule has 1 atom stereocenters. The van der Waals surface area contributed by atoms with E-state index in [2.05, 4.69) is 4.98 Å². The van der Waals surface area contributed by atoms with Gasteiger partial charge < -0.3 is 14.5 Å². The Morgan fingerprint density at radius 3 is 2.79 bits per heavy atom. The molecule has 1 unspecified atom stereocenters. The standard InChI is InChI=1S/C14H16N2O2S/c1-2-6-19-13(3-1)14-15-9-7-11-12(8-10(9)16-14)18-5-4-17-11/h7-8,13H,1-6H2,(H,15,16). The summed E-state index contributed by atoms with van der Waals surface area (Å²) >= 11 is 2.01. The van der Waals surface area contributed by atoms with Crippen molar-refractivity contribution in [2.45, 2.75) is 24.5 Å². The lowest BCUT2D eigenvalue weighted by atomic mass is 10.2. The molecule has 1 aromatic heterocycles. The van der Waals surface area contributed by atoms with E-state index in [0.717, 1.165) is 28.4 Å². The molecule has 1 N–H and O–H groups in total. The second kappa shape index (κ2) is 4.63. The molecule has 1 saturated heterocycles. The van der Waals surface area contributed by atoms with Crippen molar-refractivity contribution in [3.05, 3.63) is 18.0 Å². The number of aromatic nitrogens is 2. The molecule has 3 heterocycles. The summed E-state index contributed by atoms with van der Waals surface area (Å²) in [6.07, 6.45) is 3.85. The average Bonchev–Trinajstić information content (AvgIpc) is 2.88. The lowest BCUT2D eigenvalue weighted by Gasteiger charge is -2.18. The van der Waals surface area contributed by atoms with Gasteiger partial charge in [-0.05, 0) is 18.6 Å². The van der Waals surface area contributed by atoms with Gasteiger partial charge in [0, 0.05) is 12.1 Å². The van der Waals surface area contributed by atoms with E-state index in [4.69, 9.17) is 14.5 Å². The number of hydrogen-bond donors (Lipinski definition) is 1. The maximum Gasteiger partial charge on any atom is 0.163 e. The van der Waals surface area contributed by atoms with Gasteiger partial charge >= 0.3 is 0 Å². The first-order valence-corrected chi connectivity index (χ1v) is 7.86. The monoisotopic (exact) mass is 276 g/mol. The van der Waals surface area contributed by atoms with Crippen LogP contribution in [0.25, 0.3) is 11.0 Å². The van der Waals surface area contributed by atoms with Gasteiger partial charge in [-0.1, -0.05) is 6.42 Å². The third-order valence-corrected chi connectivity index (χ3v) is 5.03. The number of fused-ring (bicyclic) bond motifs is 2. The van der Waals surface area contributed by atoms with E-state index in [1.54, 1.807) is 0 Å². The molecule has 0 spiro atoms. The van der Waals surface area contributed by atoms with Crippen LogP contribution in [0.4, 0.5) is 0 Å². The SMILES string of the molecule is c1c2c(cc3[nH]c(C4CCCCS4)nc13)OCCO2. The van der Waals surface area contributed by atoms with Crippen LogP contribution in [0.15, 0.2) is 12.1 Å². The minimum absolute atomic E-state index is 0.514. The van der Waals surface area contributed by atoms with Crippen LogP contribution in [0.1, 0.15) is 30.3 Å². The summed E-state index contributed by atoms with van der Waals surface area (Å²) in [5, 5.41) is 0.514. The van der Waals surface area contributed by atoms with Crippen molar-refractivity contribution in [1.29, 1.82) is 0 Å². The van der Waals surface area contributed by atoms with Crippen LogP contribution in [0.3, 0.4) is 0 Å². The molecule has 100 valence electrons. The van der Waals surface area contributed by atoms with Crippen LogP contribution < -0.4 is 9.47 Å². The highest BCUT2D eigenvalue weighted by atomic mass is 32.2. The van der Waals surface area contributed by atoms with E-state index in [0.29, 0.717) is 18.5 Å². The van der Waals surface area contributed by atoms with E-state index in [1.807, 2.05) is 23.9 Å². The van der Waals surface area contributed by atoms with Crippen molar-refractivity contribution in [2.24, 2.45) is 0 Å². The van der Waals surface area contributed by atoms with Crippen molar-refractivity contribution < 1.29 is 9.47 Å². The Hall–Kier alpha value is -1.36. The van der Waals surface area contributed by atoms with Gasteiger partial charge in [0.15, 0.2) is 11.5 Å². The molecule has 5 heteroatoms. The average molecular weight is 276 g/mol. The number of nitrogens with one attached hydrogen (secondary N) is 1. The van der Waals surface area contributed by atoms with Crippen LogP contribution in [0.5, 0.6) is 11.5 Å². The number of hydrogen-bond acceptors (Lipinski definition) is 4. The van der Waals surface area contributed by atoms with E-state index >= 15 is 0 Å². The molecule has 4 rings (SSSR count). The first-order chi connectivity index (χ1) is 9.40. The third kappa shape index (κ3) is 2.06. The van der Waals surface area contributed by atoms with E-state index < -0.39 is 0 Å². The van der Waals surface area contributed by atoms with Gasteiger partial charge in [0.25, 0.3) is 0 Å². The lowest BCUT2D eigenvalue weighted by Crippen LogP contribution is -2.15. The van der Waals surface area contributed by atoms with Crippen LogP contribution >= 0.6 is 11.8 Å². The quantitative estimate of drug-likeness (QED) is 0.868. The predicted octanol–water partition coefficient (Wildman–Crippen LogP) is 3.29. The van der Waals surface area contributed by atoms with Crippen molar-refractivity contribution in [2.75, 3.05) is 19.0 Å². The molecule has 19 heavy (non-hydrogen) atoms. The minimum atomic E-state index is 0.514. The highest BCUT2D eigenvalue weighted by Gasteiger charge is 2.21. The summed E-state index contributed by atoms with van der Waals surface area (Å²) in [7, 11) is 0. The highest BCUT2D eigenvalue weighted by Crippen LogP contribution is 2.39.